The van der Waals surface area contributed by atoms with E-state index in [4.69, 9.17) is 20.6 Å². The van der Waals surface area contributed by atoms with Crippen molar-refractivity contribution >= 4 is 54.3 Å². The van der Waals surface area contributed by atoms with E-state index in [1.54, 1.807) is 48.5 Å². The second kappa shape index (κ2) is 11.0. The summed E-state index contributed by atoms with van der Waals surface area (Å²) >= 11 is 4.78. The molecular formula is C24H18ClFN4O5S3. The van der Waals surface area contributed by atoms with Crippen LogP contribution in [0.25, 0.3) is 21.3 Å². The predicted molar refractivity (Wildman–Crippen MR) is 143 cm³/mol. The first-order chi connectivity index (χ1) is 18.2. The summed E-state index contributed by atoms with van der Waals surface area (Å²) in [5.41, 5.74) is 2.57. The zero-order chi connectivity index (χ0) is 26.9. The maximum atomic E-state index is 13.7. The summed E-state index contributed by atoms with van der Waals surface area (Å²) in [5.74, 6) is -1.09. The van der Waals surface area contributed by atoms with Crippen LogP contribution in [0.15, 0.2) is 71.1 Å². The van der Waals surface area contributed by atoms with Gasteiger partial charge >= 0.3 is 0 Å². The zero-order valence-corrected chi connectivity index (χ0v) is 22.5. The van der Waals surface area contributed by atoms with E-state index in [0.717, 1.165) is 16.9 Å². The second-order valence-corrected chi connectivity index (χ2v) is 12.5. The quantitative estimate of drug-likeness (QED) is 0.227. The standard InChI is InChI=1S/C24H18ClFN4O5S3/c25-17-10-15(6-8-18(17)26)16-7-9-19-20(11-16)36-24(28-19)22(23-30-29-21(35-23)12-27-37(31)32)38(33,34)13-14-4-2-1-3-5-14/h1-11,22,27H,12-13H2,(H,31,32). The molecule has 0 aliphatic carbocycles. The second-order valence-electron chi connectivity index (χ2n) is 8.14. The molecule has 0 aliphatic rings. The Labute approximate surface area is 228 Å². The van der Waals surface area contributed by atoms with Crippen molar-refractivity contribution in [1.29, 1.82) is 0 Å². The van der Waals surface area contributed by atoms with Crippen LogP contribution in [0, 0.1) is 5.82 Å². The third-order valence-corrected chi connectivity index (χ3v) is 9.30. The first kappa shape index (κ1) is 26.5. The van der Waals surface area contributed by atoms with Gasteiger partial charge in [0.05, 0.1) is 27.5 Å². The first-order valence-electron chi connectivity index (χ1n) is 11.0. The van der Waals surface area contributed by atoms with Crippen LogP contribution in [-0.4, -0.2) is 32.4 Å². The van der Waals surface area contributed by atoms with Gasteiger partial charge in [-0.25, -0.2) is 26.7 Å². The molecule has 14 heteroatoms. The molecule has 38 heavy (non-hydrogen) atoms. The number of nitrogens with one attached hydrogen (secondary N) is 1. The number of rotatable bonds is 9. The third-order valence-electron chi connectivity index (χ3n) is 5.51. The molecule has 0 saturated carbocycles. The SMILES string of the molecule is O=S(O)NCc1nnc(C(c2nc3ccc(-c4ccc(F)c(Cl)c4)cc3s2)S(=O)(=O)Cc2ccccc2)o1. The lowest BCUT2D eigenvalue weighted by Gasteiger charge is -2.12. The highest BCUT2D eigenvalue weighted by atomic mass is 35.5. The smallest absolute Gasteiger partial charge is 0.241 e. The summed E-state index contributed by atoms with van der Waals surface area (Å²) in [4.78, 5) is 4.57. The van der Waals surface area contributed by atoms with Crippen molar-refractivity contribution in [3.05, 3.63) is 99.9 Å². The van der Waals surface area contributed by atoms with Gasteiger partial charge in [0.2, 0.25) is 23.0 Å². The summed E-state index contributed by atoms with van der Waals surface area (Å²) in [5, 5.41) is 6.60. The van der Waals surface area contributed by atoms with Crippen molar-refractivity contribution in [2.24, 2.45) is 0 Å². The lowest BCUT2D eigenvalue weighted by molar-refractivity contribution is 0.442. The van der Waals surface area contributed by atoms with Crippen LogP contribution in [-0.2, 0) is 33.4 Å². The number of hydrogen-bond donors (Lipinski definition) is 2. The summed E-state index contributed by atoms with van der Waals surface area (Å²) in [7, 11) is -3.96. The minimum absolute atomic E-state index is 0.00798. The van der Waals surface area contributed by atoms with Crippen molar-refractivity contribution in [3.8, 4) is 11.1 Å². The Kier molecular flexibility index (Phi) is 7.66. The van der Waals surface area contributed by atoms with E-state index in [1.807, 2.05) is 6.07 Å². The van der Waals surface area contributed by atoms with Crippen LogP contribution in [0.1, 0.15) is 27.6 Å². The largest absolute Gasteiger partial charge is 0.422 e. The van der Waals surface area contributed by atoms with Gasteiger partial charge in [-0.2, -0.15) is 0 Å². The summed E-state index contributed by atoms with van der Waals surface area (Å²) < 4.78 is 69.4. The topological polar surface area (TPSA) is 135 Å². The fraction of sp³-hybridized carbons (Fsp3) is 0.125. The van der Waals surface area contributed by atoms with Crippen LogP contribution in [0.3, 0.4) is 0 Å². The van der Waals surface area contributed by atoms with E-state index in [0.29, 0.717) is 21.3 Å². The van der Waals surface area contributed by atoms with E-state index in [1.165, 1.54) is 12.1 Å². The Bertz CT molecular complexity index is 1740. The van der Waals surface area contributed by atoms with Gasteiger partial charge in [-0.15, -0.1) is 21.5 Å². The summed E-state index contributed by atoms with van der Waals surface area (Å²) in [6.07, 6.45) is 0. The Hall–Kier alpha value is -3.07. The maximum absolute atomic E-state index is 13.7. The van der Waals surface area contributed by atoms with E-state index >= 15 is 0 Å². The molecule has 5 aromatic rings. The van der Waals surface area contributed by atoms with Crippen LogP contribution in [0.4, 0.5) is 4.39 Å². The number of thiazole rings is 1. The van der Waals surface area contributed by atoms with E-state index in [9.17, 15) is 17.0 Å². The van der Waals surface area contributed by atoms with Gasteiger partial charge in [0.25, 0.3) is 0 Å². The van der Waals surface area contributed by atoms with Gasteiger partial charge in [-0.3, -0.25) is 4.55 Å². The van der Waals surface area contributed by atoms with Crippen LogP contribution in [0.5, 0.6) is 0 Å². The van der Waals surface area contributed by atoms with E-state index < -0.39 is 32.2 Å². The van der Waals surface area contributed by atoms with Crippen molar-refractivity contribution in [2.45, 2.75) is 17.5 Å². The molecule has 2 unspecified atom stereocenters. The van der Waals surface area contributed by atoms with Crippen LogP contribution < -0.4 is 4.72 Å². The molecule has 2 N–H and O–H groups in total. The fourth-order valence-corrected chi connectivity index (χ4v) is 7.36. The molecule has 5 rings (SSSR count). The molecular weight excluding hydrogens is 575 g/mol. The van der Waals surface area contributed by atoms with Gasteiger partial charge in [0, 0.05) is 0 Å². The molecule has 0 spiro atoms. The average molecular weight is 593 g/mol. The fourth-order valence-electron chi connectivity index (χ4n) is 3.78. The van der Waals surface area contributed by atoms with Crippen molar-refractivity contribution in [1.82, 2.24) is 19.9 Å². The van der Waals surface area contributed by atoms with E-state index in [2.05, 4.69) is 19.9 Å². The van der Waals surface area contributed by atoms with Gasteiger partial charge in [-0.1, -0.05) is 54.1 Å². The average Bonchev–Trinajstić information content (AvgIpc) is 3.51. The molecule has 0 bridgehead atoms. The van der Waals surface area contributed by atoms with Crippen molar-refractivity contribution < 1.29 is 26.0 Å². The normalized spacial score (nSPS) is 13.6. The van der Waals surface area contributed by atoms with Gasteiger partial charge in [0.1, 0.15) is 10.8 Å². The highest BCUT2D eigenvalue weighted by Crippen LogP contribution is 2.38. The van der Waals surface area contributed by atoms with Gasteiger partial charge in [0.15, 0.2) is 15.1 Å². The van der Waals surface area contributed by atoms with Gasteiger partial charge in [-0.05, 0) is 41.0 Å². The molecule has 0 radical (unpaired) electrons. The molecule has 0 saturated heterocycles. The molecule has 196 valence electrons. The molecule has 3 aromatic carbocycles. The Balaban J connectivity index is 1.56. The van der Waals surface area contributed by atoms with E-state index in [-0.39, 0.29) is 34.1 Å². The van der Waals surface area contributed by atoms with Gasteiger partial charge < -0.3 is 4.42 Å². The third kappa shape index (κ3) is 5.82. The number of hydrogen-bond acceptors (Lipinski definition) is 8. The lowest BCUT2D eigenvalue weighted by Crippen LogP contribution is -2.17. The monoisotopic (exact) mass is 592 g/mol. The van der Waals surface area contributed by atoms with Crippen molar-refractivity contribution in [3.63, 3.8) is 0 Å². The summed E-state index contributed by atoms with van der Waals surface area (Å²) in [6.45, 7) is -0.231. The predicted octanol–water partition coefficient (Wildman–Crippen LogP) is 5.07. The molecule has 0 fully saturated rings. The summed E-state index contributed by atoms with van der Waals surface area (Å²) in [6, 6.07) is 18.4. The molecule has 0 aliphatic heterocycles. The molecule has 2 atom stereocenters. The highest BCUT2D eigenvalue weighted by Gasteiger charge is 2.37. The number of sulfone groups is 1. The van der Waals surface area contributed by atoms with Crippen LogP contribution in [0.2, 0.25) is 5.02 Å². The number of halogens is 2. The minimum Gasteiger partial charge on any atom is -0.422 e. The highest BCUT2D eigenvalue weighted by molar-refractivity contribution is 7.91. The zero-order valence-electron chi connectivity index (χ0n) is 19.2. The Morgan fingerprint density at radius 3 is 2.55 bits per heavy atom. The minimum atomic E-state index is -3.96. The first-order valence-corrected chi connectivity index (χ1v) is 15.0. The number of fused-ring (bicyclic) bond motifs is 1. The molecule has 0 amide bonds. The lowest BCUT2D eigenvalue weighted by atomic mass is 10.1. The maximum Gasteiger partial charge on any atom is 0.241 e. The van der Waals surface area contributed by atoms with Crippen molar-refractivity contribution in [2.75, 3.05) is 0 Å². The van der Waals surface area contributed by atoms with Crippen LogP contribution >= 0.6 is 22.9 Å². The number of nitrogens with zero attached hydrogens (tertiary/aromatic N) is 3. The Morgan fingerprint density at radius 1 is 1.08 bits per heavy atom. The molecule has 2 aromatic heterocycles. The number of aromatic nitrogens is 3. The number of benzene rings is 3. The molecule has 2 heterocycles. The Morgan fingerprint density at radius 2 is 1.82 bits per heavy atom. The molecule has 9 nitrogen and oxygen atoms in total.